The highest BCUT2D eigenvalue weighted by molar-refractivity contribution is 6.52. The van der Waals surface area contributed by atoms with E-state index in [4.69, 9.17) is 16.3 Å². The number of halogens is 1. The summed E-state index contributed by atoms with van der Waals surface area (Å²) in [6.07, 6.45) is 0. The van der Waals surface area contributed by atoms with Crippen LogP contribution in [0.2, 0.25) is 5.02 Å². The predicted molar refractivity (Wildman–Crippen MR) is 138 cm³/mol. The highest BCUT2D eigenvalue weighted by Crippen LogP contribution is 2.44. The first kappa shape index (κ1) is 22.7. The Kier molecular flexibility index (Phi) is 5.79. The van der Waals surface area contributed by atoms with E-state index in [9.17, 15) is 14.7 Å². The second kappa shape index (κ2) is 8.93. The summed E-state index contributed by atoms with van der Waals surface area (Å²) in [5, 5.41) is 13.7. The predicted octanol–water partition coefficient (Wildman–Crippen LogP) is 6.44. The molecule has 4 aromatic carbocycles. The van der Waals surface area contributed by atoms with Crippen molar-refractivity contribution >= 4 is 45.5 Å². The van der Waals surface area contributed by atoms with Gasteiger partial charge in [0.1, 0.15) is 11.5 Å². The van der Waals surface area contributed by atoms with Crippen LogP contribution in [0.15, 0.2) is 90.5 Å². The Labute approximate surface area is 207 Å². The molecule has 1 heterocycles. The Morgan fingerprint density at radius 2 is 1.69 bits per heavy atom. The number of aryl methyl sites for hydroxylation is 1. The second-order valence-electron chi connectivity index (χ2n) is 8.40. The molecule has 1 atom stereocenters. The van der Waals surface area contributed by atoms with Gasteiger partial charge in [-0.1, -0.05) is 60.1 Å². The number of amides is 1. The minimum absolute atomic E-state index is 0.0240. The normalized spacial score (nSPS) is 17.2. The number of ether oxygens (including phenoxy) is 1. The number of nitrogens with zero attached hydrogens (tertiary/aromatic N) is 1. The third-order valence-corrected chi connectivity index (χ3v) is 6.55. The number of carbonyl (C=O) groups is 2. The van der Waals surface area contributed by atoms with E-state index in [-0.39, 0.29) is 11.3 Å². The fourth-order valence-corrected chi connectivity index (χ4v) is 4.87. The lowest BCUT2D eigenvalue weighted by Crippen LogP contribution is -2.29. The lowest BCUT2D eigenvalue weighted by atomic mass is 9.91. The first-order valence-electron chi connectivity index (χ1n) is 11.1. The van der Waals surface area contributed by atoms with Gasteiger partial charge in [-0.2, -0.15) is 0 Å². The van der Waals surface area contributed by atoms with Crippen LogP contribution in [0.1, 0.15) is 22.7 Å². The molecule has 0 bridgehead atoms. The third kappa shape index (κ3) is 3.84. The first-order chi connectivity index (χ1) is 16.9. The summed E-state index contributed by atoms with van der Waals surface area (Å²) in [7, 11) is 1.57. The van der Waals surface area contributed by atoms with Crippen molar-refractivity contribution in [2.75, 3.05) is 12.0 Å². The number of fused-ring (bicyclic) bond motifs is 1. The van der Waals surface area contributed by atoms with Gasteiger partial charge in [0.05, 0.1) is 18.7 Å². The van der Waals surface area contributed by atoms with Gasteiger partial charge in [-0.15, -0.1) is 0 Å². The summed E-state index contributed by atoms with van der Waals surface area (Å²) in [6.45, 7) is 1.85. The molecule has 6 heteroatoms. The maximum absolute atomic E-state index is 13.4. The zero-order valence-corrected chi connectivity index (χ0v) is 19.9. The average molecular weight is 484 g/mol. The SMILES string of the molecule is COc1ccc(/C(O)=C2/C(=O)C(=O)N(c3cccc(Cl)c3)C2c2cccc3ccccc23)cc1C. The Bertz CT molecular complexity index is 1520. The van der Waals surface area contributed by atoms with Crippen LogP contribution < -0.4 is 9.64 Å². The van der Waals surface area contributed by atoms with Gasteiger partial charge in [0, 0.05) is 16.3 Å². The first-order valence-corrected chi connectivity index (χ1v) is 11.5. The van der Waals surface area contributed by atoms with Crippen molar-refractivity contribution in [2.45, 2.75) is 13.0 Å². The molecule has 0 aromatic heterocycles. The van der Waals surface area contributed by atoms with Crippen LogP contribution in [-0.4, -0.2) is 23.9 Å². The molecule has 1 N–H and O–H groups in total. The van der Waals surface area contributed by atoms with Gasteiger partial charge in [-0.25, -0.2) is 0 Å². The summed E-state index contributed by atoms with van der Waals surface area (Å²) in [4.78, 5) is 28.3. The summed E-state index contributed by atoms with van der Waals surface area (Å²) in [6, 6.07) is 24.6. The Morgan fingerprint density at radius 3 is 2.43 bits per heavy atom. The maximum Gasteiger partial charge on any atom is 0.300 e. The van der Waals surface area contributed by atoms with Crippen molar-refractivity contribution in [2.24, 2.45) is 0 Å². The molecule has 1 aliphatic rings. The molecule has 5 nitrogen and oxygen atoms in total. The molecule has 35 heavy (non-hydrogen) atoms. The van der Waals surface area contributed by atoms with Crippen molar-refractivity contribution < 1.29 is 19.4 Å². The molecule has 0 saturated carbocycles. The van der Waals surface area contributed by atoms with Crippen LogP contribution in [0, 0.1) is 6.92 Å². The molecule has 1 fully saturated rings. The van der Waals surface area contributed by atoms with E-state index >= 15 is 0 Å². The molecule has 0 aliphatic carbocycles. The minimum Gasteiger partial charge on any atom is -0.507 e. The number of hydrogen-bond donors (Lipinski definition) is 1. The van der Waals surface area contributed by atoms with Gasteiger partial charge in [0.2, 0.25) is 0 Å². The van der Waals surface area contributed by atoms with Crippen LogP contribution >= 0.6 is 11.6 Å². The topological polar surface area (TPSA) is 66.8 Å². The monoisotopic (exact) mass is 483 g/mol. The molecular weight excluding hydrogens is 462 g/mol. The van der Waals surface area contributed by atoms with E-state index in [1.807, 2.05) is 49.4 Å². The number of ketones is 1. The van der Waals surface area contributed by atoms with Crippen molar-refractivity contribution in [3.8, 4) is 5.75 Å². The Hall–Kier alpha value is -4.09. The number of aliphatic hydroxyl groups is 1. The van der Waals surface area contributed by atoms with Gasteiger partial charge < -0.3 is 9.84 Å². The summed E-state index contributed by atoms with van der Waals surface area (Å²) in [5.41, 5.74) is 2.45. The maximum atomic E-state index is 13.4. The average Bonchev–Trinajstić information content (AvgIpc) is 3.13. The van der Waals surface area contributed by atoms with Crippen molar-refractivity contribution in [3.63, 3.8) is 0 Å². The number of carbonyl (C=O) groups excluding carboxylic acids is 2. The van der Waals surface area contributed by atoms with Crippen LogP contribution in [-0.2, 0) is 9.59 Å². The number of aliphatic hydroxyl groups excluding tert-OH is 1. The van der Waals surface area contributed by atoms with Crippen LogP contribution in [0.3, 0.4) is 0 Å². The van der Waals surface area contributed by atoms with Gasteiger partial charge >= 0.3 is 0 Å². The molecule has 4 aromatic rings. The lowest BCUT2D eigenvalue weighted by Gasteiger charge is -2.26. The minimum atomic E-state index is -0.845. The molecule has 0 radical (unpaired) electrons. The number of methoxy groups -OCH3 is 1. The fraction of sp³-hybridized carbons (Fsp3) is 0.103. The molecule has 0 spiro atoms. The number of anilines is 1. The molecule has 174 valence electrons. The zero-order valence-electron chi connectivity index (χ0n) is 19.2. The van der Waals surface area contributed by atoms with Crippen molar-refractivity contribution in [1.82, 2.24) is 0 Å². The third-order valence-electron chi connectivity index (χ3n) is 6.32. The number of hydrogen-bond acceptors (Lipinski definition) is 4. The van der Waals surface area contributed by atoms with Crippen LogP contribution in [0.4, 0.5) is 5.69 Å². The van der Waals surface area contributed by atoms with Crippen molar-refractivity contribution in [1.29, 1.82) is 0 Å². The Morgan fingerprint density at radius 1 is 0.943 bits per heavy atom. The van der Waals surface area contributed by atoms with E-state index in [1.165, 1.54) is 4.90 Å². The highest BCUT2D eigenvalue weighted by Gasteiger charge is 2.47. The van der Waals surface area contributed by atoms with Gasteiger partial charge in [0.25, 0.3) is 11.7 Å². The van der Waals surface area contributed by atoms with Gasteiger partial charge in [-0.3, -0.25) is 14.5 Å². The molecule has 1 amide bonds. The number of Topliss-reactive ketones (excluding diaryl/α,β-unsaturated/α-hetero) is 1. The van der Waals surface area contributed by atoms with E-state index in [0.717, 1.165) is 21.9 Å². The van der Waals surface area contributed by atoms with Crippen LogP contribution in [0.25, 0.3) is 16.5 Å². The molecule has 1 unspecified atom stereocenters. The van der Waals surface area contributed by atoms with Gasteiger partial charge in [0.15, 0.2) is 0 Å². The highest BCUT2D eigenvalue weighted by atomic mass is 35.5. The van der Waals surface area contributed by atoms with E-state index in [2.05, 4.69) is 0 Å². The van der Waals surface area contributed by atoms with Gasteiger partial charge in [-0.05, 0) is 65.2 Å². The van der Waals surface area contributed by atoms with E-state index in [0.29, 0.717) is 22.0 Å². The second-order valence-corrected chi connectivity index (χ2v) is 8.84. The quantitative estimate of drug-likeness (QED) is 0.206. The van der Waals surface area contributed by atoms with Crippen molar-refractivity contribution in [3.05, 3.63) is 112 Å². The number of benzene rings is 4. The number of rotatable bonds is 4. The standard InChI is InChI=1S/C29H22ClNO4/c1-17-15-19(13-14-24(17)35-2)27(32)25-26(23-12-5-8-18-7-3-4-11-22(18)23)31(29(34)28(25)33)21-10-6-9-20(30)16-21/h3-16,26,32H,1-2H3/b27-25-. The molecule has 5 rings (SSSR count). The lowest BCUT2D eigenvalue weighted by molar-refractivity contribution is -0.132. The summed E-state index contributed by atoms with van der Waals surface area (Å²) < 4.78 is 5.33. The smallest absolute Gasteiger partial charge is 0.300 e. The van der Waals surface area contributed by atoms with E-state index < -0.39 is 17.7 Å². The zero-order chi connectivity index (χ0) is 24.7. The Balaban J connectivity index is 1.80. The van der Waals surface area contributed by atoms with E-state index in [1.54, 1.807) is 49.6 Å². The molecular formula is C29H22ClNO4. The van der Waals surface area contributed by atoms with Crippen LogP contribution in [0.5, 0.6) is 5.75 Å². The molecule has 1 aliphatic heterocycles. The fourth-order valence-electron chi connectivity index (χ4n) is 4.69. The largest absolute Gasteiger partial charge is 0.507 e. The summed E-state index contributed by atoms with van der Waals surface area (Å²) in [5.74, 6) is -1.06. The molecule has 1 saturated heterocycles. The summed E-state index contributed by atoms with van der Waals surface area (Å²) >= 11 is 6.24.